The zero-order valence-corrected chi connectivity index (χ0v) is 8.62. The Hall–Kier alpha value is -0.810. The highest BCUT2D eigenvalue weighted by Crippen LogP contribution is 2.06. The SMILES string of the molecule is CNC(=O)N(CCO)CC1CCCN1. The average molecular weight is 201 g/mol. The van der Waals surface area contributed by atoms with Crippen LogP contribution < -0.4 is 10.6 Å². The Kier molecular flexibility index (Phi) is 4.69. The first kappa shape index (κ1) is 11.3. The van der Waals surface area contributed by atoms with Crippen molar-refractivity contribution in [3.8, 4) is 0 Å². The van der Waals surface area contributed by atoms with Crippen LogP contribution in [0.2, 0.25) is 0 Å². The van der Waals surface area contributed by atoms with E-state index in [0.717, 1.165) is 13.0 Å². The van der Waals surface area contributed by atoms with E-state index in [1.165, 1.54) is 6.42 Å². The van der Waals surface area contributed by atoms with Crippen molar-refractivity contribution in [2.45, 2.75) is 18.9 Å². The summed E-state index contributed by atoms with van der Waals surface area (Å²) in [7, 11) is 1.61. The van der Waals surface area contributed by atoms with Crippen LogP contribution in [0.25, 0.3) is 0 Å². The highest BCUT2D eigenvalue weighted by Gasteiger charge is 2.20. The average Bonchev–Trinajstić information content (AvgIpc) is 2.68. The molecule has 1 unspecified atom stereocenters. The number of aliphatic hydroxyl groups excluding tert-OH is 1. The molecule has 1 heterocycles. The van der Waals surface area contributed by atoms with E-state index in [4.69, 9.17) is 5.11 Å². The number of carbonyl (C=O) groups is 1. The van der Waals surface area contributed by atoms with Crippen LogP contribution in [-0.2, 0) is 0 Å². The second-order valence-electron chi connectivity index (χ2n) is 3.52. The van der Waals surface area contributed by atoms with Crippen LogP contribution in [0.4, 0.5) is 4.79 Å². The number of aliphatic hydroxyl groups is 1. The van der Waals surface area contributed by atoms with E-state index in [2.05, 4.69) is 10.6 Å². The molecule has 1 rings (SSSR count). The third-order valence-corrected chi connectivity index (χ3v) is 2.47. The van der Waals surface area contributed by atoms with Crippen LogP contribution >= 0.6 is 0 Å². The summed E-state index contributed by atoms with van der Waals surface area (Å²) < 4.78 is 0. The topological polar surface area (TPSA) is 64.6 Å². The molecule has 1 aliphatic heterocycles. The van der Waals surface area contributed by atoms with Crippen LogP contribution in [0.5, 0.6) is 0 Å². The van der Waals surface area contributed by atoms with E-state index in [-0.39, 0.29) is 12.6 Å². The molecule has 1 aliphatic rings. The van der Waals surface area contributed by atoms with Gasteiger partial charge in [-0.25, -0.2) is 4.79 Å². The Bertz CT molecular complexity index is 181. The smallest absolute Gasteiger partial charge is 0.317 e. The molecular weight excluding hydrogens is 182 g/mol. The summed E-state index contributed by atoms with van der Waals surface area (Å²) in [5.74, 6) is 0. The van der Waals surface area contributed by atoms with Gasteiger partial charge in [-0.1, -0.05) is 0 Å². The number of carbonyl (C=O) groups excluding carboxylic acids is 1. The van der Waals surface area contributed by atoms with Gasteiger partial charge in [-0.15, -0.1) is 0 Å². The van der Waals surface area contributed by atoms with Gasteiger partial charge in [0, 0.05) is 26.2 Å². The normalized spacial score (nSPS) is 20.9. The molecule has 5 heteroatoms. The number of hydrogen-bond acceptors (Lipinski definition) is 3. The molecule has 5 nitrogen and oxygen atoms in total. The second-order valence-corrected chi connectivity index (χ2v) is 3.52. The molecule has 0 aromatic carbocycles. The van der Waals surface area contributed by atoms with Crippen LogP contribution in [0.15, 0.2) is 0 Å². The fraction of sp³-hybridized carbons (Fsp3) is 0.889. The minimum atomic E-state index is -0.118. The van der Waals surface area contributed by atoms with Gasteiger partial charge < -0.3 is 20.6 Å². The van der Waals surface area contributed by atoms with Crippen molar-refractivity contribution in [1.29, 1.82) is 0 Å². The van der Waals surface area contributed by atoms with E-state index in [1.807, 2.05) is 0 Å². The quantitative estimate of drug-likeness (QED) is 0.567. The molecule has 0 bridgehead atoms. The summed E-state index contributed by atoms with van der Waals surface area (Å²) in [5.41, 5.74) is 0. The molecule has 1 saturated heterocycles. The molecule has 0 radical (unpaired) electrons. The zero-order chi connectivity index (χ0) is 10.4. The molecule has 0 aromatic heterocycles. The van der Waals surface area contributed by atoms with E-state index < -0.39 is 0 Å². The Morgan fingerprint density at radius 2 is 2.50 bits per heavy atom. The maximum atomic E-state index is 11.4. The Morgan fingerprint density at radius 1 is 1.71 bits per heavy atom. The third kappa shape index (κ3) is 3.16. The number of nitrogens with zero attached hydrogens (tertiary/aromatic N) is 1. The lowest BCUT2D eigenvalue weighted by Crippen LogP contribution is -2.46. The van der Waals surface area contributed by atoms with Gasteiger partial charge in [-0.05, 0) is 19.4 Å². The number of hydrogen-bond donors (Lipinski definition) is 3. The van der Waals surface area contributed by atoms with Crippen LogP contribution in [0, 0.1) is 0 Å². The lowest BCUT2D eigenvalue weighted by atomic mass is 10.2. The van der Waals surface area contributed by atoms with Gasteiger partial charge in [0.05, 0.1) is 6.61 Å². The van der Waals surface area contributed by atoms with E-state index in [0.29, 0.717) is 19.1 Å². The number of rotatable bonds is 4. The highest BCUT2D eigenvalue weighted by atomic mass is 16.3. The van der Waals surface area contributed by atoms with Gasteiger partial charge in [0.2, 0.25) is 0 Å². The molecule has 0 aliphatic carbocycles. The van der Waals surface area contributed by atoms with Crippen LogP contribution in [0.1, 0.15) is 12.8 Å². The van der Waals surface area contributed by atoms with Crippen molar-refractivity contribution >= 4 is 6.03 Å². The predicted octanol–water partition coefficient (Wildman–Crippen LogP) is -0.628. The first-order valence-corrected chi connectivity index (χ1v) is 5.09. The van der Waals surface area contributed by atoms with Gasteiger partial charge in [-0.3, -0.25) is 0 Å². The Labute approximate surface area is 84.5 Å². The van der Waals surface area contributed by atoms with Crippen molar-refractivity contribution in [2.75, 3.05) is 33.3 Å². The molecule has 1 fully saturated rings. The number of nitrogens with one attached hydrogen (secondary N) is 2. The minimum absolute atomic E-state index is 0.0140. The molecule has 0 saturated carbocycles. The molecule has 2 amide bonds. The summed E-state index contributed by atoms with van der Waals surface area (Å²) >= 11 is 0. The molecule has 82 valence electrons. The fourth-order valence-corrected chi connectivity index (χ4v) is 1.73. The molecule has 1 atom stereocenters. The maximum Gasteiger partial charge on any atom is 0.317 e. The van der Waals surface area contributed by atoms with E-state index in [9.17, 15) is 4.79 Å². The van der Waals surface area contributed by atoms with Crippen molar-refractivity contribution in [3.05, 3.63) is 0 Å². The van der Waals surface area contributed by atoms with Crippen molar-refractivity contribution < 1.29 is 9.90 Å². The molecule has 14 heavy (non-hydrogen) atoms. The van der Waals surface area contributed by atoms with Crippen molar-refractivity contribution in [1.82, 2.24) is 15.5 Å². The van der Waals surface area contributed by atoms with Crippen molar-refractivity contribution in [3.63, 3.8) is 0 Å². The zero-order valence-electron chi connectivity index (χ0n) is 8.62. The summed E-state index contributed by atoms with van der Waals surface area (Å²) in [6.07, 6.45) is 2.28. The first-order chi connectivity index (χ1) is 6.77. The van der Waals surface area contributed by atoms with E-state index >= 15 is 0 Å². The van der Waals surface area contributed by atoms with E-state index in [1.54, 1.807) is 11.9 Å². The highest BCUT2D eigenvalue weighted by molar-refractivity contribution is 5.73. The van der Waals surface area contributed by atoms with Gasteiger partial charge in [0.25, 0.3) is 0 Å². The van der Waals surface area contributed by atoms with Crippen LogP contribution in [-0.4, -0.2) is 55.4 Å². The first-order valence-electron chi connectivity index (χ1n) is 5.09. The van der Waals surface area contributed by atoms with Gasteiger partial charge >= 0.3 is 6.03 Å². The summed E-state index contributed by atoms with van der Waals surface area (Å²) in [5, 5.41) is 14.7. The summed E-state index contributed by atoms with van der Waals surface area (Å²) in [6, 6.07) is 0.270. The Balaban J connectivity index is 2.37. The molecule has 0 spiro atoms. The lowest BCUT2D eigenvalue weighted by molar-refractivity contribution is 0.173. The lowest BCUT2D eigenvalue weighted by Gasteiger charge is -2.24. The summed E-state index contributed by atoms with van der Waals surface area (Å²) in [4.78, 5) is 13.0. The number of amides is 2. The third-order valence-electron chi connectivity index (χ3n) is 2.47. The van der Waals surface area contributed by atoms with Gasteiger partial charge in [0.15, 0.2) is 0 Å². The molecular formula is C9H19N3O2. The minimum Gasteiger partial charge on any atom is -0.395 e. The van der Waals surface area contributed by atoms with Crippen molar-refractivity contribution in [2.24, 2.45) is 0 Å². The van der Waals surface area contributed by atoms with Crippen LogP contribution in [0.3, 0.4) is 0 Å². The Morgan fingerprint density at radius 3 is 3.00 bits per heavy atom. The monoisotopic (exact) mass is 201 g/mol. The molecule has 3 N–H and O–H groups in total. The standard InChI is InChI=1S/C9H19N3O2/c1-10-9(14)12(5-6-13)7-8-3-2-4-11-8/h8,11,13H,2-7H2,1H3,(H,10,14). The molecule has 0 aromatic rings. The maximum absolute atomic E-state index is 11.4. The fourth-order valence-electron chi connectivity index (χ4n) is 1.73. The van der Waals surface area contributed by atoms with Gasteiger partial charge in [-0.2, -0.15) is 0 Å². The predicted molar refractivity (Wildman–Crippen MR) is 54.1 cm³/mol. The number of urea groups is 1. The second kappa shape index (κ2) is 5.82. The van der Waals surface area contributed by atoms with Gasteiger partial charge in [0.1, 0.15) is 0 Å². The largest absolute Gasteiger partial charge is 0.395 e. The summed E-state index contributed by atoms with van der Waals surface area (Å²) in [6.45, 7) is 2.13.